The van der Waals surface area contributed by atoms with E-state index in [9.17, 15) is 4.39 Å². The number of unbranched alkanes of at least 4 members (excludes halogenated alkanes) is 2. The van der Waals surface area contributed by atoms with Gasteiger partial charge in [0.05, 0.1) is 6.61 Å². The second-order valence-corrected chi connectivity index (χ2v) is 5.60. The first-order valence-electron chi connectivity index (χ1n) is 9.24. The van der Waals surface area contributed by atoms with Crippen LogP contribution in [0, 0.1) is 5.82 Å². The van der Waals surface area contributed by atoms with E-state index in [1.807, 2.05) is 6.92 Å². The molecular formula is C19H33FIN3O2. The number of aliphatic imine (C=N–C) groups is 1. The molecule has 1 aromatic rings. The number of nitrogens with one attached hydrogen (secondary N) is 2. The molecule has 2 N–H and O–H groups in total. The molecule has 5 nitrogen and oxygen atoms in total. The summed E-state index contributed by atoms with van der Waals surface area (Å²) in [7, 11) is 0. The van der Waals surface area contributed by atoms with Crippen molar-refractivity contribution >= 4 is 29.9 Å². The van der Waals surface area contributed by atoms with E-state index in [0.29, 0.717) is 12.4 Å². The highest BCUT2D eigenvalue weighted by molar-refractivity contribution is 14.0. The Morgan fingerprint density at radius 1 is 1.00 bits per heavy atom. The van der Waals surface area contributed by atoms with E-state index in [2.05, 4.69) is 22.5 Å². The molecule has 0 fully saturated rings. The summed E-state index contributed by atoms with van der Waals surface area (Å²) in [6.45, 7) is 8.77. The number of benzene rings is 1. The number of ether oxygens (including phenoxy) is 2. The van der Waals surface area contributed by atoms with E-state index < -0.39 is 0 Å². The maximum atomic E-state index is 12.8. The third kappa shape index (κ3) is 13.2. The number of nitrogens with zero attached hydrogens (tertiary/aromatic N) is 1. The van der Waals surface area contributed by atoms with Gasteiger partial charge in [0, 0.05) is 32.8 Å². The van der Waals surface area contributed by atoms with Crippen LogP contribution in [0.15, 0.2) is 29.3 Å². The van der Waals surface area contributed by atoms with Crippen LogP contribution < -0.4 is 15.4 Å². The first-order chi connectivity index (χ1) is 12.3. The van der Waals surface area contributed by atoms with Crippen LogP contribution in [0.25, 0.3) is 0 Å². The molecular weight excluding hydrogens is 448 g/mol. The summed E-state index contributed by atoms with van der Waals surface area (Å²) in [5.41, 5.74) is 0. The predicted molar refractivity (Wildman–Crippen MR) is 116 cm³/mol. The van der Waals surface area contributed by atoms with Crippen molar-refractivity contribution in [3.63, 3.8) is 0 Å². The van der Waals surface area contributed by atoms with Gasteiger partial charge >= 0.3 is 0 Å². The van der Waals surface area contributed by atoms with Gasteiger partial charge in [-0.05, 0) is 63.8 Å². The van der Waals surface area contributed by atoms with Crippen LogP contribution >= 0.6 is 24.0 Å². The van der Waals surface area contributed by atoms with Gasteiger partial charge < -0.3 is 20.1 Å². The molecule has 0 aliphatic carbocycles. The summed E-state index contributed by atoms with van der Waals surface area (Å²) in [5.74, 6) is 1.32. The summed E-state index contributed by atoms with van der Waals surface area (Å²) < 4.78 is 23.7. The highest BCUT2D eigenvalue weighted by Gasteiger charge is 1.98. The lowest BCUT2D eigenvalue weighted by Gasteiger charge is -2.11. The molecule has 0 spiro atoms. The van der Waals surface area contributed by atoms with Crippen LogP contribution in [-0.4, -0.2) is 45.4 Å². The van der Waals surface area contributed by atoms with Gasteiger partial charge in [-0.15, -0.1) is 24.0 Å². The van der Waals surface area contributed by atoms with Gasteiger partial charge in [0.1, 0.15) is 11.6 Å². The SMILES string of the molecule is CCNC(=NCCCCOCC)NCCCCOc1ccc(F)cc1.I. The molecule has 0 unspecified atom stereocenters. The fraction of sp³-hybridized carbons (Fsp3) is 0.632. The summed E-state index contributed by atoms with van der Waals surface area (Å²) in [4.78, 5) is 4.56. The molecule has 0 saturated heterocycles. The van der Waals surface area contributed by atoms with Gasteiger partial charge in [-0.1, -0.05) is 0 Å². The Hall–Kier alpha value is -1.09. The molecule has 0 radical (unpaired) electrons. The zero-order valence-corrected chi connectivity index (χ0v) is 18.3. The molecule has 0 aliphatic rings. The minimum absolute atomic E-state index is 0. The highest BCUT2D eigenvalue weighted by atomic mass is 127. The number of halogens is 2. The van der Waals surface area contributed by atoms with Crippen molar-refractivity contribution in [2.75, 3.05) is 39.5 Å². The van der Waals surface area contributed by atoms with Crippen molar-refractivity contribution in [1.82, 2.24) is 10.6 Å². The van der Waals surface area contributed by atoms with Crippen molar-refractivity contribution in [3.05, 3.63) is 30.1 Å². The lowest BCUT2D eigenvalue weighted by atomic mass is 10.3. The number of rotatable bonds is 13. The Morgan fingerprint density at radius 2 is 1.73 bits per heavy atom. The first-order valence-corrected chi connectivity index (χ1v) is 9.24. The van der Waals surface area contributed by atoms with Gasteiger partial charge in [-0.25, -0.2) is 4.39 Å². The Balaban J connectivity index is 0.00000625. The summed E-state index contributed by atoms with van der Waals surface area (Å²) >= 11 is 0. The van der Waals surface area contributed by atoms with Crippen LogP contribution in [0.1, 0.15) is 39.5 Å². The van der Waals surface area contributed by atoms with E-state index in [1.165, 1.54) is 12.1 Å². The zero-order chi connectivity index (χ0) is 18.2. The van der Waals surface area contributed by atoms with Crippen LogP contribution in [0.2, 0.25) is 0 Å². The molecule has 0 amide bonds. The van der Waals surface area contributed by atoms with Crippen LogP contribution in [0.3, 0.4) is 0 Å². The molecule has 1 rings (SSSR count). The Morgan fingerprint density at radius 3 is 2.42 bits per heavy atom. The van der Waals surface area contributed by atoms with E-state index >= 15 is 0 Å². The third-order valence-corrected chi connectivity index (χ3v) is 3.46. The second-order valence-electron chi connectivity index (χ2n) is 5.60. The molecule has 0 bridgehead atoms. The molecule has 150 valence electrons. The number of hydrogen-bond acceptors (Lipinski definition) is 3. The molecule has 0 aromatic heterocycles. The smallest absolute Gasteiger partial charge is 0.191 e. The van der Waals surface area contributed by atoms with Crippen molar-refractivity contribution in [2.45, 2.75) is 39.5 Å². The first kappa shape index (κ1) is 24.9. The normalized spacial score (nSPS) is 11.0. The average molecular weight is 481 g/mol. The fourth-order valence-electron chi connectivity index (χ4n) is 2.15. The molecule has 0 atom stereocenters. The number of guanidine groups is 1. The minimum atomic E-state index is -0.246. The zero-order valence-electron chi connectivity index (χ0n) is 15.9. The van der Waals surface area contributed by atoms with Crippen LogP contribution in [0.5, 0.6) is 5.75 Å². The summed E-state index contributed by atoms with van der Waals surface area (Å²) in [6, 6.07) is 6.11. The van der Waals surface area contributed by atoms with E-state index in [-0.39, 0.29) is 29.8 Å². The Labute approximate surface area is 174 Å². The quantitative estimate of drug-likeness (QED) is 0.194. The van der Waals surface area contributed by atoms with E-state index in [1.54, 1.807) is 12.1 Å². The van der Waals surface area contributed by atoms with Gasteiger partial charge in [-0.2, -0.15) is 0 Å². The molecule has 0 saturated carbocycles. The summed E-state index contributed by atoms with van der Waals surface area (Å²) in [5, 5.41) is 6.58. The van der Waals surface area contributed by atoms with E-state index in [4.69, 9.17) is 9.47 Å². The van der Waals surface area contributed by atoms with E-state index in [0.717, 1.165) is 64.5 Å². The van der Waals surface area contributed by atoms with Gasteiger partial charge in [0.2, 0.25) is 0 Å². The maximum Gasteiger partial charge on any atom is 0.191 e. The third-order valence-electron chi connectivity index (χ3n) is 3.46. The molecule has 26 heavy (non-hydrogen) atoms. The topological polar surface area (TPSA) is 54.9 Å². The maximum absolute atomic E-state index is 12.8. The number of hydrogen-bond donors (Lipinski definition) is 2. The van der Waals surface area contributed by atoms with Crippen molar-refractivity contribution in [3.8, 4) is 5.75 Å². The van der Waals surface area contributed by atoms with Crippen molar-refractivity contribution in [1.29, 1.82) is 0 Å². The highest BCUT2D eigenvalue weighted by Crippen LogP contribution is 2.11. The Bertz CT molecular complexity index is 472. The Kier molecular flexibility index (Phi) is 16.6. The monoisotopic (exact) mass is 481 g/mol. The standard InChI is InChI=1S/C19H32FN3O2.HI/c1-3-21-19(22-13-5-7-15-24-4-2)23-14-6-8-16-25-18-11-9-17(20)10-12-18;/h9-12H,3-8,13-16H2,1-2H3,(H2,21,22,23);1H. The van der Waals surface area contributed by atoms with Crippen LogP contribution in [0.4, 0.5) is 4.39 Å². The molecule has 0 aliphatic heterocycles. The lowest BCUT2D eigenvalue weighted by molar-refractivity contribution is 0.144. The van der Waals surface area contributed by atoms with Gasteiger partial charge in [0.25, 0.3) is 0 Å². The second kappa shape index (κ2) is 17.3. The predicted octanol–water partition coefficient (Wildman–Crippen LogP) is 3.97. The molecule has 0 heterocycles. The fourth-order valence-corrected chi connectivity index (χ4v) is 2.15. The van der Waals surface area contributed by atoms with Crippen LogP contribution in [-0.2, 0) is 4.74 Å². The largest absolute Gasteiger partial charge is 0.494 e. The van der Waals surface area contributed by atoms with Crippen molar-refractivity contribution in [2.24, 2.45) is 4.99 Å². The summed E-state index contributed by atoms with van der Waals surface area (Å²) in [6.07, 6.45) is 3.98. The average Bonchev–Trinajstić information content (AvgIpc) is 2.62. The molecule has 1 aromatic carbocycles. The van der Waals surface area contributed by atoms with Gasteiger partial charge in [-0.3, -0.25) is 4.99 Å². The molecule has 7 heteroatoms. The van der Waals surface area contributed by atoms with Crippen molar-refractivity contribution < 1.29 is 13.9 Å². The lowest BCUT2D eigenvalue weighted by Crippen LogP contribution is -2.38. The minimum Gasteiger partial charge on any atom is -0.494 e. The van der Waals surface area contributed by atoms with Gasteiger partial charge in [0.15, 0.2) is 5.96 Å².